The van der Waals surface area contributed by atoms with Gasteiger partial charge in [0.15, 0.2) is 0 Å². The zero-order valence-electron chi connectivity index (χ0n) is 16.3. The van der Waals surface area contributed by atoms with Crippen molar-refractivity contribution in [3.63, 3.8) is 0 Å². The second-order valence-corrected chi connectivity index (χ2v) is 7.27. The van der Waals surface area contributed by atoms with E-state index in [1.165, 1.54) is 19.5 Å². The first kappa shape index (κ1) is 20.1. The summed E-state index contributed by atoms with van der Waals surface area (Å²) in [4.78, 5) is 34.8. The molecule has 0 saturated carbocycles. The standard InChI is InChI=1S/C20H23ClN4O3/c1-5-16-11(2)18(24-20-22-9-14(21)10-23-20)15-8-13(19(27)28-4)6-7-17(15)25(16)12(3)26/h6-11,16,18H,5H2,1-4H3,(H,22,23,24). The summed E-state index contributed by atoms with van der Waals surface area (Å²) >= 11 is 5.89. The van der Waals surface area contributed by atoms with Crippen LogP contribution in [0.1, 0.15) is 49.2 Å². The molecule has 28 heavy (non-hydrogen) atoms. The van der Waals surface area contributed by atoms with Gasteiger partial charge in [-0.05, 0) is 30.2 Å². The SMILES string of the molecule is CCC1C(C)C(Nc2ncc(Cl)cn2)c2cc(C(=O)OC)ccc2N1C(C)=O. The Labute approximate surface area is 169 Å². The lowest BCUT2D eigenvalue weighted by Crippen LogP contribution is -2.49. The molecule has 0 saturated heterocycles. The van der Waals surface area contributed by atoms with Gasteiger partial charge in [-0.25, -0.2) is 14.8 Å². The van der Waals surface area contributed by atoms with E-state index in [1.807, 2.05) is 4.90 Å². The highest BCUT2D eigenvalue weighted by molar-refractivity contribution is 6.30. The Morgan fingerprint density at radius 3 is 2.54 bits per heavy atom. The summed E-state index contributed by atoms with van der Waals surface area (Å²) in [5, 5.41) is 3.80. The largest absolute Gasteiger partial charge is 0.465 e. The van der Waals surface area contributed by atoms with Crippen LogP contribution in [0.2, 0.25) is 5.02 Å². The van der Waals surface area contributed by atoms with Crippen LogP contribution >= 0.6 is 11.6 Å². The molecule has 1 N–H and O–H groups in total. The molecule has 3 unspecified atom stereocenters. The maximum Gasteiger partial charge on any atom is 0.337 e. The van der Waals surface area contributed by atoms with Gasteiger partial charge < -0.3 is 15.0 Å². The summed E-state index contributed by atoms with van der Waals surface area (Å²) in [6.07, 6.45) is 3.84. The maximum absolute atomic E-state index is 12.4. The van der Waals surface area contributed by atoms with E-state index in [9.17, 15) is 9.59 Å². The molecule has 0 aliphatic carbocycles. The van der Waals surface area contributed by atoms with Crippen molar-refractivity contribution in [2.24, 2.45) is 5.92 Å². The van der Waals surface area contributed by atoms with E-state index >= 15 is 0 Å². The van der Waals surface area contributed by atoms with Gasteiger partial charge in [-0.1, -0.05) is 25.4 Å². The lowest BCUT2D eigenvalue weighted by atomic mass is 9.80. The molecule has 7 nitrogen and oxygen atoms in total. The van der Waals surface area contributed by atoms with Crippen LogP contribution in [0.4, 0.5) is 11.6 Å². The van der Waals surface area contributed by atoms with Crippen molar-refractivity contribution in [2.75, 3.05) is 17.3 Å². The Hall–Kier alpha value is -2.67. The fraction of sp³-hybridized carbons (Fsp3) is 0.400. The van der Waals surface area contributed by atoms with Gasteiger partial charge in [0.2, 0.25) is 11.9 Å². The number of anilines is 2. The summed E-state index contributed by atoms with van der Waals surface area (Å²) in [6.45, 7) is 5.69. The lowest BCUT2D eigenvalue weighted by Gasteiger charge is -2.45. The number of methoxy groups -OCH3 is 1. The number of aromatic nitrogens is 2. The van der Waals surface area contributed by atoms with E-state index < -0.39 is 5.97 Å². The molecule has 2 aromatic rings. The van der Waals surface area contributed by atoms with Gasteiger partial charge in [0.1, 0.15) is 0 Å². The number of esters is 1. The van der Waals surface area contributed by atoms with Gasteiger partial charge in [0, 0.05) is 24.6 Å². The van der Waals surface area contributed by atoms with E-state index in [0.29, 0.717) is 16.5 Å². The van der Waals surface area contributed by atoms with E-state index in [0.717, 1.165) is 17.7 Å². The van der Waals surface area contributed by atoms with Crippen molar-refractivity contribution in [1.29, 1.82) is 0 Å². The zero-order valence-corrected chi connectivity index (χ0v) is 17.0. The minimum Gasteiger partial charge on any atom is -0.465 e. The van der Waals surface area contributed by atoms with E-state index in [4.69, 9.17) is 16.3 Å². The fourth-order valence-corrected chi connectivity index (χ4v) is 3.98. The minimum absolute atomic E-state index is 0.00113. The predicted molar refractivity (Wildman–Crippen MR) is 108 cm³/mol. The molecule has 1 aromatic carbocycles. The van der Waals surface area contributed by atoms with E-state index in [2.05, 4.69) is 29.1 Å². The molecule has 1 amide bonds. The highest BCUT2D eigenvalue weighted by atomic mass is 35.5. The normalized spacial score (nSPS) is 21.0. The quantitative estimate of drug-likeness (QED) is 0.782. The average Bonchev–Trinajstić information content (AvgIpc) is 2.69. The van der Waals surface area contributed by atoms with Crippen molar-refractivity contribution in [3.05, 3.63) is 46.7 Å². The number of amides is 1. The van der Waals surface area contributed by atoms with Crippen LogP contribution in [-0.4, -0.2) is 35.0 Å². The number of nitrogens with zero attached hydrogens (tertiary/aromatic N) is 3. The zero-order chi connectivity index (χ0) is 20.4. The fourth-order valence-electron chi connectivity index (χ4n) is 3.88. The molecule has 0 spiro atoms. The van der Waals surface area contributed by atoms with Crippen LogP contribution < -0.4 is 10.2 Å². The summed E-state index contributed by atoms with van der Waals surface area (Å²) in [7, 11) is 1.34. The number of ether oxygens (including phenoxy) is 1. The molecule has 0 bridgehead atoms. The Bertz CT molecular complexity index is 888. The van der Waals surface area contributed by atoms with Crippen molar-refractivity contribution in [3.8, 4) is 0 Å². The van der Waals surface area contributed by atoms with Crippen LogP contribution in [0.15, 0.2) is 30.6 Å². The number of carbonyl (C=O) groups is 2. The highest BCUT2D eigenvalue weighted by Crippen LogP contribution is 2.43. The molecular formula is C20H23ClN4O3. The van der Waals surface area contributed by atoms with Gasteiger partial charge in [-0.2, -0.15) is 0 Å². The second-order valence-electron chi connectivity index (χ2n) is 6.84. The molecule has 8 heteroatoms. The number of hydrogen-bond acceptors (Lipinski definition) is 6. The van der Waals surface area contributed by atoms with Crippen LogP contribution in [0.25, 0.3) is 0 Å². The summed E-state index contributed by atoms with van der Waals surface area (Å²) in [6, 6.07) is 5.06. The van der Waals surface area contributed by atoms with Gasteiger partial charge in [0.25, 0.3) is 0 Å². The molecule has 0 fully saturated rings. The van der Waals surface area contributed by atoms with E-state index in [-0.39, 0.29) is 23.9 Å². The first-order valence-electron chi connectivity index (χ1n) is 9.13. The molecule has 1 aliphatic heterocycles. The number of benzene rings is 1. The third-order valence-electron chi connectivity index (χ3n) is 5.17. The summed E-state index contributed by atoms with van der Waals surface area (Å²) < 4.78 is 4.86. The molecule has 3 atom stereocenters. The van der Waals surface area contributed by atoms with Gasteiger partial charge in [-0.15, -0.1) is 0 Å². The molecule has 3 rings (SSSR count). The average molecular weight is 403 g/mol. The minimum atomic E-state index is -0.427. The number of halogens is 1. The lowest BCUT2D eigenvalue weighted by molar-refractivity contribution is -0.117. The maximum atomic E-state index is 12.4. The molecule has 148 valence electrons. The Morgan fingerprint density at radius 2 is 1.96 bits per heavy atom. The van der Waals surface area contributed by atoms with Crippen LogP contribution in [-0.2, 0) is 9.53 Å². The number of nitrogens with one attached hydrogen (secondary N) is 1. The highest BCUT2D eigenvalue weighted by Gasteiger charge is 2.40. The van der Waals surface area contributed by atoms with Crippen LogP contribution in [0.5, 0.6) is 0 Å². The van der Waals surface area contributed by atoms with Crippen LogP contribution in [0.3, 0.4) is 0 Å². The predicted octanol–water partition coefficient (Wildman–Crippen LogP) is 3.85. The topological polar surface area (TPSA) is 84.4 Å². The number of fused-ring (bicyclic) bond motifs is 1. The van der Waals surface area contributed by atoms with Gasteiger partial charge in [0.05, 0.1) is 36.1 Å². The molecule has 1 aromatic heterocycles. The first-order chi connectivity index (χ1) is 13.4. The third kappa shape index (κ3) is 3.67. The van der Waals surface area contributed by atoms with Crippen molar-refractivity contribution in [2.45, 2.75) is 39.3 Å². The second kappa shape index (κ2) is 8.14. The van der Waals surface area contributed by atoms with Gasteiger partial charge >= 0.3 is 5.97 Å². The smallest absolute Gasteiger partial charge is 0.337 e. The number of hydrogen-bond donors (Lipinski definition) is 1. The van der Waals surface area contributed by atoms with Crippen LogP contribution in [0, 0.1) is 5.92 Å². The molecule has 2 heterocycles. The Balaban J connectivity index is 2.12. The molecular weight excluding hydrogens is 380 g/mol. The summed E-state index contributed by atoms with van der Waals surface area (Å²) in [5.74, 6) is 0.0197. The Morgan fingerprint density at radius 1 is 1.29 bits per heavy atom. The summed E-state index contributed by atoms with van der Waals surface area (Å²) in [5.41, 5.74) is 2.03. The molecule has 0 radical (unpaired) electrons. The third-order valence-corrected chi connectivity index (χ3v) is 5.37. The van der Waals surface area contributed by atoms with Crippen molar-refractivity contribution in [1.82, 2.24) is 9.97 Å². The van der Waals surface area contributed by atoms with Crippen molar-refractivity contribution < 1.29 is 14.3 Å². The van der Waals surface area contributed by atoms with Gasteiger partial charge in [-0.3, -0.25) is 4.79 Å². The monoisotopic (exact) mass is 402 g/mol. The Kier molecular flexibility index (Phi) is 5.84. The molecule has 1 aliphatic rings. The van der Waals surface area contributed by atoms with E-state index in [1.54, 1.807) is 25.1 Å². The van der Waals surface area contributed by atoms with Crippen molar-refractivity contribution >= 4 is 35.1 Å². The first-order valence-corrected chi connectivity index (χ1v) is 9.51. The number of rotatable bonds is 4. The number of carbonyl (C=O) groups excluding carboxylic acids is 2.